The van der Waals surface area contributed by atoms with Crippen LogP contribution in [0.2, 0.25) is 0 Å². The number of allylic oxidation sites excluding steroid dienone is 1. The number of aliphatic hydroxyl groups is 1. The monoisotopic (exact) mass is 280 g/mol. The Bertz CT molecular complexity index is 517. The Kier molecular flexibility index (Phi) is 3.13. The van der Waals surface area contributed by atoms with Crippen molar-refractivity contribution in [2.45, 2.75) is 11.2 Å². The van der Waals surface area contributed by atoms with E-state index in [0.29, 0.717) is 0 Å². The molecule has 1 unspecified atom stereocenters. The van der Waals surface area contributed by atoms with Crippen molar-refractivity contribution in [1.29, 1.82) is 0 Å². The lowest BCUT2D eigenvalue weighted by molar-refractivity contribution is 0.253. The van der Waals surface area contributed by atoms with Crippen molar-refractivity contribution < 1.29 is 5.11 Å². The van der Waals surface area contributed by atoms with Crippen molar-refractivity contribution in [3.8, 4) is 10.4 Å². The fraction of sp³-hybridized carbons (Fsp3) is 0.231. The van der Waals surface area contributed by atoms with Gasteiger partial charge in [0.15, 0.2) is 0 Å². The van der Waals surface area contributed by atoms with Gasteiger partial charge in [-0.25, -0.2) is 0 Å². The van der Waals surface area contributed by atoms with Crippen LogP contribution in [0, 0.1) is 0 Å². The van der Waals surface area contributed by atoms with Crippen LogP contribution in [-0.4, -0.2) is 11.7 Å². The van der Waals surface area contributed by atoms with Gasteiger partial charge in [0.1, 0.15) is 0 Å². The molecule has 0 aliphatic carbocycles. The van der Waals surface area contributed by atoms with E-state index < -0.39 is 0 Å². The Morgan fingerprint density at radius 3 is 2.82 bits per heavy atom. The topological polar surface area (TPSA) is 20.2 Å². The van der Waals surface area contributed by atoms with E-state index in [2.05, 4.69) is 40.4 Å². The summed E-state index contributed by atoms with van der Waals surface area (Å²) in [6.45, 7) is 0.198. The standard InChI is InChI=1S/C13H12OS3/c14-9-13(5-2-7-17-13)12-10(4-8-16-12)11-3-1-6-15-11/h1-4,6-8,14H,5,9H2. The van der Waals surface area contributed by atoms with E-state index in [1.165, 1.54) is 15.3 Å². The van der Waals surface area contributed by atoms with Crippen molar-refractivity contribution in [1.82, 2.24) is 0 Å². The van der Waals surface area contributed by atoms with Gasteiger partial charge in [-0.3, -0.25) is 0 Å². The van der Waals surface area contributed by atoms with Crippen LogP contribution in [0.25, 0.3) is 10.4 Å². The molecule has 0 aromatic carbocycles. The highest BCUT2D eigenvalue weighted by atomic mass is 32.2. The molecule has 1 nitrogen and oxygen atoms in total. The number of hydrogen-bond donors (Lipinski definition) is 1. The molecule has 0 bridgehead atoms. The normalized spacial score (nSPS) is 23.4. The fourth-order valence-electron chi connectivity index (χ4n) is 2.07. The lowest BCUT2D eigenvalue weighted by atomic mass is 9.99. The smallest absolute Gasteiger partial charge is 0.0813 e. The van der Waals surface area contributed by atoms with Crippen molar-refractivity contribution in [3.63, 3.8) is 0 Å². The molecule has 4 heteroatoms. The molecule has 3 heterocycles. The zero-order valence-corrected chi connectivity index (χ0v) is 11.6. The molecule has 2 aromatic heterocycles. The van der Waals surface area contributed by atoms with Crippen molar-refractivity contribution in [2.75, 3.05) is 6.61 Å². The van der Waals surface area contributed by atoms with Crippen LogP contribution in [0.5, 0.6) is 0 Å². The molecule has 88 valence electrons. The molecule has 1 aliphatic heterocycles. The first-order valence-corrected chi connectivity index (χ1v) is 8.05. The molecular weight excluding hydrogens is 268 g/mol. The Labute approximate surface area is 113 Å². The van der Waals surface area contributed by atoms with Crippen LogP contribution >= 0.6 is 34.4 Å². The zero-order valence-electron chi connectivity index (χ0n) is 9.13. The Hall–Kier alpha value is -0.550. The summed E-state index contributed by atoms with van der Waals surface area (Å²) in [5.41, 5.74) is 1.29. The minimum atomic E-state index is -0.145. The zero-order chi connectivity index (χ0) is 11.7. The minimum absolute atomic E-state index is 0.145. The first-order valence-electron chi connectivity index (χ1n) is 5.41. The SMILES string of the molecule is OCC1(c2sccc2-c2cccs2)CC=CS1. The van der Waals surface area contributed by atoms with Crippen molar-refractivity contribution >= 4 is 34.4 Å². The van der Waals surface area contributed by atoms with Crippen LogP contribution < -0.4 is 0 Å². The average molecular weight is 280 g/mol. The highest BCUT2D eigenvalue weighted by molar-refractivity contribution is 8.03. The third kappa shape index (κ3) is 1.89. The maximum Gasteiger partial charge on any atom is 0.0813 e. The second-order valence-corrected chi connectivity index (χ2v) is 7.14. The molecule has 0 saturated carbocycles. The summed E-state index contributed by atoms with van der Waals surface area (Å²) in [7, 11) is 0. The summed E-state index contributed by atoms with van der Waals surface area (Å²) < 4.78 is -0.145. The number of thioether (sulfide) groups is 1. The molecule has 1 aliphatic rings. The van der Waals surface area contributed by atoms with Crippen LogP contribution in [0.4, 0.5) is 0 Å². The maximum absolute atomic E-state index is 9.76. The van der Waals surface area contributed by atoms with Gasteiger partial charge in [0.25, 0.3) is 0 Å². The van der Waals surface area contributed by atoms with Crippen LogP contribution in [-0.2, 0) is 4.75 Å². The molecular formula is C13H12OS3. The van der Waals surface area contributed by atoms with E-state index in [1.807, 2.05) is 0 Å². The van der Waals surface area contributed by atoms with Gasteiger partial charge in [-0.05, 0) is 34.7 Å². The van der Waals surface area contributed by atoms with Crippen LogP contribution in [0.3, 0.4) is 0 Å². The van der Waals surface area contributed by atoms with E-state index in [1.54, 1.807) is 34.4 Å². The third-order valence-corrected chi connectivity index (χ3v) is 6.39. The Balaban J connectivity index is 2.07. The molecule has 2 aromatic rings. The largest absolute Gasteiger partial charge is 0.395 e. The van der Waals surface area contributed by atoms with Crippen molar-refractivity contribution in [2.24, 2.45) is 0 Å². The number of aliphatic hydroxyl groups excluding tert-OH is 1. The lowest BCUT2D eigenvalue weighted by Gasteiger charge is -2.25. The minimum Gasteiger partial charge on any atom is -0.395 e. The van der Waals surface area contributed by atoms with Gasteiger partial charge in [-0.1, -0.05) is 12.1 Å². The molecule has 3 rings (SSSR count). The molecule has 0 spiro atoms. The molecule has 1 atom stereocenters. The molecule has 1 N–H and O–H groups in total. The first-order chi connectivity index (χ1) is 8.36. The van der Waals surface area contributed by atoms with Gasteiger partial charge in [0.2, 0.25) is 0 Å². The molecule has 0 saturated heterocycles. The Morgan fingerprint density at radius 1 is 1.24 bits per heavy atom. The highest BCUT2D eigenvalue weighted by Gasteiger charge is 2.36. The summed E-state index contributed by atoms with van der Waals surface area (Å²) in [6.07, 6.45) is 3.08. The molecule has 0 radical (unpaired) electrons. The predicted octanol–water partition coefficient (Wildman–Crippen LogP) is 4.31. The summed E-state index contributed by atoms with van der Waals surface area (Å²) in [4.78, 5) is 2.60. The van der Waals surface area contributed by atoms with E-state index in [0.717, 1.165) is 6.42 Å². The van der Waals surface area contributed by atoms with Crippen LogP contribution in [0.15, 0.2) is 40.4 Å². The van der Waals surface area contributed by atoms with Gasteiger partial charge in [-0.2, -0.15) is 0 Å². The van der Waals surface area contributed by atoms with Crippen LogP contribution in [0.1, 0.15) is 11.3 Å². The van der Waals surface area contributed by atoms with Crippen molar-refractivity contribution in [3.05, 3.63) is 45.3 Å². The number of hydrogen-bond acceptors (Lipinski definition) is 4. The number of rotatable bonds is 3. The fourth-order valence-corrected chi connectivity index (χ4v) is 5.13. The van der Waals surface area contributed by atoms with E-state index in [4.69, 9.17) is 0 Å². The summed E-state index contributed by atoms with van der Waals surface area (Å²) in [5, 5.41) is 16.1. The maximum atomic E-state index is 9.76. The summed E-state index contributed by atoms with van der Waals surface area (Å²) >= 11 is 5.26. The Morgan fingerprint density at radius 2 is 2.18 bits per heavy atom. The molecule has 17 heavy (non-hydrogen) atoms. The molecule has 0 fully saturated rings. The third-order valence-electron chi connectivity index (χ3n) is 2.96. The number of thiophene rings is 2. The second-order valence-electron chi connectivity index (χ2n) is 3.99. The summed E-state index contributed by atoms with van der Waals surface area (Å²) in [5.74, 6) is 0. The summed E-state index contributed by atoms with van der Waals surface area (Å²) in [6, 6.07) is 6.39. The lowest BCUT2D eigenvalue weighted by Crippen LogP contribution is -2.22. The van der Waals surface area contributed by atoms with Gasteiger partial charge >= 0.3 is 0 Å². The second kappa shape index (κ2) is 4.61. The highest BCUT2D eigenvalue weighted by Crippen LogP contribution is 2.50. The van der Waals surface area contributed by atoms with Gasteiger partial charge in [-0.15, -0.1) is 34.4 Å². The van der Waals surface area contributed by atoms with Gasteiger partial charge in [0.05, 0.1) is 11.4 Å². The molecule has 0 amide bonds. The van der Waals surface area contributed by atoms with E-state index >= 15 is 0 Å². The predicted molar refractivity (Wildman–Crippen MR) is 77.7 cm³/mol. The van der Waals surface area contributed by atoms with E-state index in [9.17, 15) is 5.11 Å². The van der Waals surface area contributed by atoms with Gasteiger partial charge < -0.3 is 5.11 Å². The van der Waals surface area contributed by atoms with E-state index in [-0.39, 0.29) is 11.4 Å². The quantitative estimate of drug-likeness (QED) is 0.904. The first kappa shape index (κ1) is 11.5. The average Bonchev–Trinajstić information content (AvgIpc) is 3.10. The van der Waals surface area contributed by atoms with Gasteiger partial charge in [0, 0.05) is 15.3 Å².